The highest BCUT2D eigenvalue weighted by Crippen LogP contribution is 2.24. The Labute approximate surface area is 210 Å². The zero-order valence-electron chi connectivity index (χ0n) is 21.7. The Kier molecular flexibility index (Phi) is 14.2. The summed E-state index contributed by atoms with van der Waals surface area (Å²) in [5, 5.41) is 7.72. The first-order chi connectivity index (χ1) is 16.2. The predicted molar refractivity (Wildman–Crippen MR) is 145 cm³/mol. The van der Waals surface area contributed by atoms with Gasteiger partial charge in [-0.25, -0.2) is 14.4 Å². The standard InChI is InChI=1S/C17H24ClF.C8H8N4.C3H8/c1-4-5-6-7-8-15(13(2)3)11-14-9-10-16(18)17(19)12-14;1-5-3-9-10-4-7(5)8-11-6(2)12-8;1-3-2/h9-10,12,15H,2,4-8,11H2,1,3H3;3-4H,1-2H3;3H2,1-2H3. The molecule has 1 atom stereocenters. The molecule has 1 aliphatic heterocycles. The molecule has 6 heteroatoms. The average molecular weight is 487 g/mol. The molecule has 0 spiro atoms. The second-order valence-electron chi connectivity index (χ2n) is 8.73. The van der Waals surface area contributed by atoms with Gasteiger partial charge in [0.05, 0.1) is 17.4 Å². The van der Waals surface area contributed by atoms with Crippen LogP contribution >= 0.6 is 11.6 Å². The fourth-order valence-corrected chi connectivity index (χ4v) is 3.46. The first-order valence-electron chi connectivity index (χ1n) is 12.2. The number of aryl methyl sites for hydroxylation is 1. The van der Waals surface area contributed by atoms with Gasteiger partial charge in [0.15, 0.2) is 5.84 Å². The molecule has 3 rings (SSSR count). The van der Waals surface area contributed by atoms with Crippen molar-refractivity contribution in [3.63, 3.8) is 0 Å². The van der Waals surface area contributed by atoms with E-state index in [-0.39, 0.29) is 10.8 Å². The Morgan fingerprint density at radius 3 is 2.21 bits per heavy atom. The molecule has 0 radical (unpaired) electrons. The van der Waals surface area contributed by atoms with Crippen molar-refractivity contribution in [1.29, 1.82) is 0 Å². The van der Waals surface area contributed by atoms with Crippen LogP contribution in [0.25, 0.3) is 0 Å². The fourth-order valence-electron chi connectivity index (χ4n) is 3.34. The molecule has 186 valence electrons. The maximum atomic E-state index is 13.4. The van der Waals surface area contributed by atoms with Gasteiger partial charge >= 0.3 is 0 Å². The lowest BCUT2D eigenvalue weighted by Crippen LogP contribution is -2.13. The van der Waals surface area contributed by atoms with Gasteiger partial charge in [-0.05, 0) is 62.8 Å². The van der Waals surface area contributed by atoms with E-state index in [0.29, 0.717) is 5.92 Å². The molecule has 0 fully saturated rings. The third-order valence-corrected chi connectivity index (χ3v) is 5.58. The number of aromatic nitrogens is 2. The van der Waals surface area contributed by atoms with Gasteiger partial charge in [0.25, 0.3) is 0 Å². The van der Waals surface area contributed by atoms with Crippen LogP contribution in [0.5, 0.6) is 0 Å². The second-order valence-corrected chi connectivity index (χ2v) is 9.14. The Bertz CT molecular complexity index is 969. The summed E-state index contributed by atoms with van der Waals surface area (Å²) in [5.41, 5.74) is 4.22. The number of nitrogens with zero attached hydrogens (tertiary/aromatic N) is 4. The van der Waals surface area contributed by atoms with Crippen molar-refractivity contribution in [3.05, 3.63) is 70.3 Å². The molecule has 0 saturated carbocycles. The topological polar surface area (TPSA) is 50.5 Å². The van der Waals surface area contributed by atoms with E-state index in [1.165, 1.54) is 37.7 Å². The summed E-state index contributed by atoms with van der Waals surface area (Å²) in [6.45, 7) is 16.4. The number of benzene rings is 1. The zero-order valence-corrected chi connectivity index (χ0v) is 22.4. The van der Waals surface area contributed by atoms with Crippen LogP contribution in [0.15, 0.2) is 52.7 Å². The lowest BCUT2D eigenvalue weighted by atomic mass is 9.88. The van der Waals surface area contributed by atoms with Crippen LogP contribution in [0.2, 0.25) is 5.02 Å². The molecule has 2 heterocycles. The zero-order chi connectivity index (χ0) is 25.5. The van der Waals surface area contributed by atoms with Crippen molar-refractivity contribution in [3.8, 4) is 0 Å². The van der Waals surface area contributed by atoms with E-state index in [2.05, 4.69) is 54.5 Å². The van der Waals surface area contributed by atoms with Crippen LogP contribution in [0, 0.1) is 18.7 Å². The minimum absolute atomic E-state index is 0.193. The summed E-state index contributed by atoms with van der Waals surface area (Å²) >= 11 is 5.71. The Hall–Kier alpha value is -2.40. The molecular formula is C28H40ClFN4. The SMILES string of the molecule is C=C(C)C(CCCCCC)Cc1ccc(Cl)c(F)c1.CC1=NC(c2cnncc2C)=N1.CCC. The van der Waals surface area contributed by atoms with Gasteiger partial charge in [-0.15, -0.1) is 0 Å². The Morgan fingerprint density at radius 2 is 1.68 bits per heavy atom. The van der Waals surface area contributed by atoms with Gasteiger partial charge < -0.3 is 0 Å². The third kappa shape index (κ3) is 10.7. The fraction of sp³-hybridized carbons (Fsp3) is 0.500. The predicted octanol–water partition coefficient (Wildman–Crippen LogP) is 8.56. The summed E-state index contributed by atoms with van der Waals surface area (Å²) in [6, 6.07) is 5.09. The number of rotatable bonds is 9. The van der Waals surface area contributed by atoms with Crippen molar-refractivity contribution < 1.29 is 4.39 Å². The Balaban J connectivity index is 0.000000327. The van der Waals surface area contributed by atoms with Crippen LogP contribution < -0.4 is 0 Å². The van der Waals surface area contributed by atoms with E-state index in [1.54, 1.807) is 24.5 Å². The molecule has 0 bridgehead atoms. The molecular weight excluding hydrogens is 447 g/mol. The van der Waals surface area contributed by atoms with Gasteiger partial charge in [-0.1, -0.05) is 82.7 Å². The molecule has 1 unspecified atom stereocenters. The van der Waals surface area contributed by atoms with Gasteiger partial charge in [0.1, 0.15) is 11.7 Å². The smallest absolute Gasteiger partial charge is 0.165 e. The quantitative estimate of drug-likeness (QED) is 0.263. The van der Waals surface area contributed by atoms with Crippen LogP contribution in [-0.2, 0) is 6.42 Å². The number of amidine groups is 2. The molecule has 0 aliphatic carbocycles. The van der Waals surface area contributed by atoms with E-state index < -0.39 is 0 Å². The number of hydrogen-bond donors (Lipinski definition) is 0. The van der Waals surface area contributed by atoms with Crippen LogP contribution in [-0.4, -0.2) is 21.9 Å². The van der Waals surface area contributed by atoms with Crippen LogP contribution in [0.4, 0.5) is 4.39 Å². The first kappa shape index (κ1) is 29.6. The number of unbranched alkanes of at least 4 members (excludes halogenated alkanes) is 3. The number of aliphatic imine (C=N–C) groups is 2. The molecule has 0 amide bonds. The molecule has 1 aliphatic rings. The summed E-state index contributed by atoms with van der Waals surface area (Å²) in [5.74, 6) is 1.70. The minimum atomic E-state index is -0.328. The number of halogens is 2. The lowest BCUT2D eigenvalue weighted by molar-refractivity contribution is 0.507. The number of hydrogen-bond acceptors (Lipinski definition) is 4. The highest BCUT2D eigenvalue weighted by atomic mass is 35.5. The summed E-state index contributed by atoms with van der Waals surface area (Å²) < 4.78 is 13.4. The maximum Gasteiger partial charge on any atom is 0.165 e. The van der Waals surface area contributed by atoms with Crippen molar-refractivity contribution >= 4 is 23.3 Å². The monoisotopic (exact) mass is 486 g/mol. The maximum absolute atomic E-state index is 13.4. The Morgan fingerprint density at radius 1 is 1.03 bits per heavy atom. The average Bonchev–Trinajstić information content (AvgIpc) is 2.77. The molecule has 0 saturated heterocycles. The van der Waals surface area contributed by atoms with Crippen molar-refractivity contribution in [2.24, 2.45) is 15.9 Å². The minimum Gasteiger partial charge on any atom is -0.213 e. The normalized spacial score (nSPS) is 12.7. The van der Waals surface area contributed by atoms with Crippen molar-refractivity contribution in [1.82, 2.24) is 10.2 Å². The van der Waals surface area contributed by atoms with E-state index >= 15 is 0 Å². The lowest BCUT2D eigenvalue weighted by Gasteiger charge is -2.17. The van der Waals surface area contributed by atoms with Gasteiger partial charge in [-0.3, -0.25) is 0 Å². The van der Waals surface area contributed by atoms with E-state index in [4.69, 9.17) is 11.6 Å². The third-order valence-electron chi connectivity index (χ3n) is 5.28. The summed E-state index contributed by atoms with van der Waals surface area (Å²) in [7, 11) is 0. The molecule has 1 aromatic heterocycles. The van der Waals surface area contributed by atoms with Crippen molar-refractivity contribution in [2.75, 3.05) is 0 Å². The molecule has 34 heavy (non-hydrogen) atoms. The summed E-state index contributed by atoms with van der Waals surface area (Å²) in [4.78, 5) is 8.30. The molecule has 1 aromatic carbocycles. The van der Waals surface area contributed by atoms with E-state index in [1.807, 2.05) is 19.9 Å². The highest BCUT2D eigenvalue weighted by Gasteiger charge is 2.13. The van der Waals surface area contributed by atoms with Gasteiger partial charge in [0, 0.05) is 5.56 Å². The van der Waals surface area contributed by atoms with Gasteiger partial charge in [-0.2, -0.15) is 10.2 Å². The van der Waals surface area contributed by atoms with Crippen molar-refractivity contribution in [2.45, 2.75) is 86.5 Å². The van der Waals surface area contributed by atoms with Gasteiger partial charge in [0.2, 0.25) is 0 Å². The van der Waals surface area contributed by atoms with E-state index in [0.717, 1.165) is 41.2 Å². The highest BCUT2D eigenvalue weighted by molar-refractivity contribution is 6.30. The van der Waals surface area contributed by atoms with Crippen LogP contribution in [0.1, 0.15) is 89.8 Å². The molecule has 4 nitrogen and oxygen atoms in total. The molecule has 0 N–H and O–H groups in total. The first-order valence-corrected chi connectivity index (χ1v) is 12.6. The molecule has 2 aromatic rings. The summed E-state index contributed by atoms with van der Waals surface area (Å²) in [6.07, 6.45) is 11.7. The van der Waals surface area contributed by atoms with E-state index in [9.17, 15) is 4.39 Å². The number of allylic oxidation sites excluding steroid dienone is 1. The van der Waals surface area contributed by atoms with Crippen LogP contribution in [0.3, 0.4) is 0 Å². The largest absolute Gasteiger partial charge is 0.213 e. The second kappa shape index (κ2) is 16.3.